The van der Waals surface area contributed by atoms with Gasteiger partial charge in [-0.3, -0.25) is 4.79 Å². The van der Waals surface area contributed by atoms with Crippen molar-refractivity contribution in [2.45, 2.75) is 27.7 Å². The predicted octanol–water partition coefficient (Wildman–Crippen LogP) is 3.58. The third kappa shape index (κ3) is 4.68. The molecule has 0 unspecified atom stereocenters. The maximum Gasteiger partial charge on any atom is 0.229 e. The van der Waals surface area contributed by atoms with Gasteiger partial charge in [0.2, 0.25) is 11.9 Å². The summed E-state index contributed by atoms with van der Waals surface area (Å²) in [6.07, 6.45) is 0. The summed E-state index contributed by atoms with van der Waals surface area (Å²) in [5.41, 5.74) is 2.10. The molecule has 128 valence electrons. The Morgan fingerprint density at radius 3 is 2.17 bits per heavy atom. The van der Waals surface area contributed by atoms with Gasteiger partial charge in [-0.05, 0) is 31.2 Å². The number of rotatable bonds is 4. The molecule has 0 spiro atoms. The third-order valence-corrected chi connectivity index (χ3v) is 3.38. The number of benzene rings is 1. The summed E-state index contributed by atoms with van der Waals surface area (Å²) in [5.74, 6) is 1.38. The molecular weight excluding hydrogens is 302 g/mol. The van der Waals surface area contributed by atoms with E-state index in [0.29, 0.717) is 5.95 Å². The third-order valence-electron chi connectivity index (χ3n) is 3.38. The minimum Gasteiger partial charge on any atom is -0.363 e. The Labute approximate surface area is 143 Å². The maximum absolute atomic E-state index is 12.0. The van der Waals surface area contributed by atoms with E-state index in [1.807, 2.05) is 77.0 Å². The first-order chi connectivity index (χ1) is 11.1. The molecule has 24 heavy (non-hydrogen) atoms. The smallest absolute Gasteiger partial charge is 0.229 e. The highest BCUT2D eigenvalue weighted by atomic mass is 16.2. The highest BCUT2D eigenvalue weighted by Gasteiger charge is 2.20. The van der Waals surface area contributed by atoms with Gasteiger partial charge in [-0.1, -0.05) is 20.8 Å². The quantitative estimate of drug-likeness (QED) is 0.898. The molecule has 0 fully saturated rings. The number of nitrogens with zero attached hydrogens (tertiary/aromatic N) is 3. The van der Waals surface area contributed by atoms with Gasteiger partial charge in [-0.15, -0.1) is 0 Å². The summed E-state index contributed by atoms with van der Waals surface area (Å²) in [5, 5.41) is 6.09. The molecular formula is C18H25N5O. The summed E-state index contributed by atoms with van der Waals surface area (Å²) in [6, 6.07) is 9.41. The number of hydrogen-bond donors (Lipinski definition) is 2. The standard InChI is InChI=1S/C18H25N5O/c1-12-11-15(23(5)6)22-17(19-12)21-14-9-7-13(8-10-14)20-16(24)18(2,3)4/h7-11H,1-6H3,(H,20,24)(H,19,21,22). The molecule has 0 aliphatic heterocycles. The second-order valence-corrected chi connectivity index (χ2v) is 6.99. The van der Waals surface area contributed by atoms with Crippen molar-refractivity contribution in [1.82, 2.24) is 9.97 Å². The van der Waals surface area contributed by atoms with Crippen LogP contribution in [0.25, 0.3) is 0 Å². The van der Waals surface area contributed by atoms with Crippen molar-refractivity contribution in [2.24, 2.45) is 5.41 Å². The summed E-state index contributed by atoms with van der Waals surface area (Å²) in [7, 11) is 3.89. The molecule has 0 saturated carbocycles. The van der Waals surface area contributed by atoms with E-state index in [4.69, 9.17) is 0 Å². The van der Waals surface area contributed by atoms with Crippen LogP contribution in [0.15, 0.2) is 30.3 Å². The Morgan fingerprint density at radius 2 is 1.62 bits per heavy atom. The fourth-order valence-corrected chi connectivity index (χ4v) is 1.92. The average Bonchev–Trinajstić information content (AvgIpc) is 2.47. The highest BCUT2D eigenvalue weighted by Crippen LogP contribution is 2.21. The minimum absolute atomic E-state index is 0.0131. The number of anilines is 4. The van der Waals surface area contributed by atoms with Crippen molar-refractivity contribution < 1.29 is 4.79 Å². The fourth-order valence-electron chi connectivity index (χ4n) is 1.92. The molecule has 1 aromatic heterocycles. The number of carbonyl (C=O) groups is 1. The van der Waals surface area contributed by atoms with E-state index in [0.717, 1.165) is 22.9 Å². The van der Waals surface area contributed by atoms with E-state index in [1.54, 1.807) is 0 Å². The van der Waals surface area contributed by atoms with Crippen molar-refractivity contribution in [2.75, 3.05) is 29.6 Å². The second-order valence-electron chi connectivity index (χ2n) is 6.99. The van der Waals surface area contributed by atoms with Crippen molar-refractivity contribution in [3.8, 4) is 0 Å². The van der Waals surface area contributed by atoms with Crippen LogP contribution in [0.2, 0.25) is 0 Å². The first kappa shape index (κ1) is 17.7. The van der Waals surface area contributed by atoms with Crippen molar-refractivity contribution in [3.05, 3.63) is 36.0 Å². The van der Waals surface area contributed by atoms with E-state index < -0.39 is 5.41 Å². The monoisotopic (exact) mass is 327 g/mol. The molecule has 0 radical (unpaired) electrons. The lowest BCUT2D eigenvalue weighted by molar-refractivity contribution is -0.123. The van der Waals surface area contributed by atoms with Gasteiger partial charge in [0, 0.05) is 42.6 Å². The zero-order chi connectivity index (χ0) is 17.9. The van der Waals surface area contributed by atoms with Crippen molar-refractivity contribution in [1.29, 1.82) is 0 Å². The number of carbonyl (C=O) groups excluding carboxylic acids is 1. The molecule has 1 aromatic carbocycles. The molecule has 2 aromatic rings. The van der Waals surface area contributed by atoms with Gasteiger partial charge in [0.1, 0.15) is 5.82 Å². The highest BCUT2D eigenvalue weighted by molar-refractivity contribution is 5.94. The first-order valence-electron chi connectivity index (χ1n) is 7.87. The Bertz CT molecular complexity index is 717. The van der Waals surface area contributed by atoms with Crippen LogP contribution in [-0.2, 0) is 4.79 Å². The average molecular weight is 327 g/mol. The number of aromatic nitrogens is 2. The van der Waals surface area contributed by atoms with Gasteiger partial charge in [-0.25, -0.2) is 4.98 Å². The number of aryl methyl sites for hydroxylation is 1. The molecule has 1 amide bonds. The topological polar surface area (TPSA) is 70.2 Å². The zero-order valence-electron chi connectivity index (χ0n) is 15.1. The molecule has 0 saturated heterocycles. The summed E-state index contributed by atoms with van der Waals surface area (Å²) < 4.78 is 0. The van der Waals surface area contributed by atoms with Crippen LogP contribution in [-0.4, -0.2) is 30.0 Å². The largest absolute Gasteiger partial charge is 0.363 e. The Hall–Kier alpha value is -2.63. The molecule has 0 bridgehead atoms. The minimum atomic E-state index is -0.422. The molecule has 1 heterocycles. The van der Waals surface area contributed by atoms with E-state index in [9.17, 15) is 4.79 Å². The maximum atomic E-state index is 12.0. The molecule has 2 rings (SSSR count). The van der Waals surface area contributed by atoms with Crippen LogP contribution in [0.3, 0.4) is 0 Å². The Balaban J connectivity index is 2.11. The molecule has 6 nitrogen and oxygen atoms in total. The number of amides is 1. The lowest BCUT2D eigenvalue weighted by atomic mass is 9.95. The van der Waals surface area contributed by atoms with E-state index >= 15 is 0 Å². The molecule has 2 N–H and O–H groups in total. The van der Waals surface area contributed by atoms with E-state index in [2.05, 4.69) is 20.6 Å². The summed E-state index contributed by atoms with van der Waals surface area (Å²) in [4.78, 5) is 22.8. The lowest BCUT2D eigenvalue weighted by Gasteiger charge is -2.18. The van der Waals surface area contributed by atoms with Gasteiger partial charge in [0.05, 0.1) is 0 Å². The normalized spacial score (nSPS) is 11.1. The Kier molecular flexibility index (Phi) is 5.07. The number of hydrogen-bond acceptors (Lipinski definition) is 5. The van der Waals surface area contributed by atoms with Crippen LogP contribution in [0, 0.1) is 12.3 Å². The SMILES string of the molecule is Cc1cc(N(C)C)nc(Nc2ccc(NC(=O)C(C)(C)C)cc2)n1. The van der Waals surface area contributed by atoms with Gasteiger partial charge in [0.25, 0.3) is 0 Å². The van der Waals surface area contributed by atoms with E-state index in [1.165, 1.54) is 0 Å². The van der Waals surface area contributed by atoms with Crippen LogP contribution in [0.5, 0.6) is 0 Å². The molecule has 0 aliphatic carbocycles. The fraction of sp³-hybridized carbons (Fsp3) is 0.389. The summed E-state index contributed by atoms with van der Waals surface area (Å²) >= 11 is 0. The van der Waals surface area contributed by atoms with Gasteiger partial charge in [-0.2, -0.15) is 4.98 Å². The van der Waals surface area contributed by atoms with Crippen LogP contribution >= 0.6 is 0 Å². The van der Waals surface area contributed by atoms with E-state index in [-0.39, 0.29) is 5.91 Å². The molecule has 0 aliphatic rings. The van der Waals surface area contributed by atoms with Gasteiger partial charge >= 0.3 is 0 Å². The first-order valence-corrected chi connectivity index (χ1v) is 7.87. The van der Waals surface area contributed by atoms with Gasteiger partial charge in [0.15, 0.2) is 0 Å². The van der Waals surface area contributed by atoms with Crippen LogP contribution < -0.4 is 15.5 Å². The summed E-state index contributed by atoms with van der Waals surface area (Å²) in [6.45, 7) is 7.59. The molecule has 6 heteroatoms. The van der Waals surface area contributed by atoms with Gasteiger partial charge < -0.3 is 15.5 Å². The second kappa shape index (κ2) is 6.86. The van der Waals surface area contributed by atoms with Crippen molar-refractivity contribution in [3.63, 3.8) is 0 Å². The Morgan fingerprint density at radius 1 is 1.04 bits per heavy atom. The molecule has 0 atom stereocenters. The van der Waals surface area contributed by atoms with Crippen LogP contribution in [0.1, 0.15) is 26.5 Å². The lowest BCUT2D eigenvalue weighted by Crippen LogP contribution is -2.27. The number of nitrogens with one attached hydrogen (secondary N) is 2. The predicted molar refractivity (Wildman–Crippen MR) is 98.9 cm³/mol. The zero-order valence-corrected chi connectivity index (χ0v) is 15.1. The van der Waals surface area contributed by atoms with Crippen molar-refractivity contribution >= 4 is 29.0 Å². The van der Waals surface area contributed by atoms with Crippen LogP contribution in [0.4, 0.5) is 23.1 Å².